The van der Waals surface area contributed by atoms with Crippen molar-refractivity contribution in [1.82, 2.24) is 0 Å². The highest BCUT2D eigenvalue weighted by molar-refractivity contribution is 5.44. The molecule has 5 heteroatoms. The monoisotopic (exact) mass is 259 g/mol. The third-order valence-corrected chi connectivity index (χ3v) is 3.14. The van der Waals surface area contributed by atoms with E-state index in [0.717, 1.165) is 24.0 Å². The predicted molar refractivity (Wildman–Crippen MR) is 62.5 cm³/mol. The van der Waals surface area contributed by atoms with Crippen molar-refractivity contribution in [2.24, 2.45) is 5.73 Å². The van der Waals surface area contributed by atoms with Crippen LogP contribution in [0.3, 0.4) is 0 Å². The van der Waals surface area contributed by atoms with Crippen LogP contribution in [0.5, 0.6) is 5.75 Å². The molecule has 1 atom stereocenters. The minimum absolute atomic E-state index is 0.0147. The molecule has 18 heavy (non-hydrogen) atoms. The Kier molecular flexibility index (Phi) is 3.80. The first-order valence-corrected chi connectivity index (χ1v) is 6.04. The SMILES string of the molecule is NC1CCc2c(OCCCC(F)(F)F)cccc21. The molecule has 1 aliphatic carbocycles. The van der Waals surface area contributed by atoms with E-state index >= 15 is 0 Å². The molecule has 0 bridgehead atoms. The molecule has 0 spiro atoms. The lowest BCUT2D eigenvalue weighted by Gasteiger charge is -2.12. The van der Waals surface area contributed by atoms with Gasteiger partial charge in [0.15, 0.2) is 0 Å². The number of benzene rings is 1. The van der Waals surface area contributed by atoms with Gasteiger partial charge in [0.1, 0.15) is 5.75 Å². The van der Waals surface area contributed by atoms with Gasteiger partial charge in [0.25, 0.3) is 0 Å². The van der Waals surface area contributed by atoms with Crippen LogP contribution < -0.4 is 10.5 Å². The largest absolute Gasteiger partial charge is 0.493 e. The maximum absolute atomic E-state index is 12.0. The molecule has 0 aromatic heterocycles. The number of alkyl halides is 3. The Labute approximate surface area is 104 Å². The zero-order valence-corrected chi connectivity index (χ0v) is 9.96. The van der Waals surface area contributed by atoms with E-state index in [2.05, 4.69) is 0 Å². The summed E-state index contributed by atoms with van der Waals surface area (Å²) in [6.45, 7) is 0.0885. The van der Waals surface area contributed by atoms with Gasteiger partial charge in [-0.3, -0.25) is 0 Å². The van der Waals surface area contributed by atoms with Crippen LogP contribution in [-0.4, -0.2) is 12.8 Å². The average molecular weight is 259 g/mol. The Morgan fingerprint density at radius 1 is 1.33 bits per heavy atom. The molecule has 2 nitrogen and oxygen atoms in total. The quantitative estimate of drug-likeness (QED) is 0.841. The molecule has 0 saturated carbocycles. The normalized spacial score (nSPS) is 18.8. The van der Waals surface area contributed by atoms with Crippen molar-refractivity contribution in [3.63, 3.8) is 0 Å². The zero-order valence-electron chi connectivity index (χ0n) is 9.96. The fourth-order valence-corrected chi connectivity index (χ4v) is 2.24. The van der Waals surface area contributed by atoms with Gasteiger partial charge in [-0.05, 0) is 36.5 Å². The molecule has 0 aliphatic heterocycles. The van der Waals surface area contributed by atoms with Gasteiger partial charge < -0.3 is 10.5 Å². The molecule has 0 heterocycles. The van der Waals surface area contributed by atoms with E-state index in [4.69, 9.17) is 10.5 Å². The zero-order chi connectivity index (χ0) is 13.2. The van der Waals surface area contributed by atoms with Crippen molar-refractivity contribution < 1.29 is 17.9 Å². The van der Waals surface area contributed by atoms with E-state index in [1.54, 1.807) is 6.07 Å². The molecule has 0 saturated heterocycles. The molecule has 0 amide bonds. The minimum atomic E-state index is -4.11. The van der Waals surface area contributed by atoms with E-state index < -0.39 is 12.6 Å². The van der Waals surface area contributed by atoms with Crippen molar-refractivity contribution >= 4 is 0 Å². The summed E-state index contributed by atoms with van der Waals surface area (Å²) in [5.41, 5.74) is 8.03. The molecule has 1 aromatic carbocycles. The number of hydrogen-bond donors (Lipinski definition) is 1. The Morgan fingerprint density at radius 2 is 2.11 bits per heavy atom. The Hall–Kier alpha value is -1.23. The van der Waals surface area contributed by atoms with Crippen molar-refractivity contribution in [2.75, 3.05) is 6.61 Å². The van der Waals surface area contributed by atoms with Crippen LogP contribution in [0.2, 0.25) is 0 Å². The third kappa shape index (κ3) is 3.16. The first-order chi connectivity index (χ1) is 8.47. The predicted octanol–water partition coefficient (Wildman–Crippen LogP) is 3.35. The lowest BCUT2D eigenvalue weighted by Crippen LogP contribution is -2.10. The van der Waals surface area contributed by atoms with E-state index in [-0.39, 0.29) is 19.1 Å². The van der Waals surface area contributed by atoms with Crippen LogP contribution in [0.25, 0.3) is 0 Å². The topological polar surface area (TPSA) is 35.2 Å². The van der Waals surface area contributed by atoms with E-state index in [1.807, 2.05) is 12.1 Å². The second kappa shape index (κ2) is 5.18. The van der Waals surface area contributed by atoms with Crippen LogP contribution in [0.4, 0.5) is 13.2 Å². The van der Waals surface area contributed by atoms with Gasteiger partial charge in [-0.1, -0.05) is 12.1 Å². The van der Waals surface area contributed by atoms with Gasteiger partial charge in [-0.15, -0.1) is 0 Å². The van der Waals surface area contributed by atoms with E-state index in [9.17, 15) is 13.2 Å². The Bertz CT molecular complexity index is 417. The summed E-state index contributed by atoms with van der Waals surface area (Å²) in [5, 5.41) is 0. The standard InChI is InChI=1S/C13H16F3NO/c14-13(15,16)7-2-8-18-12-4-1-3-9-10(12)5-6-11(9)17/h1,3-4,11H,2,5-8,17H2. The lowest BCUT2D eigenvalue weighted by atomic mass is 10.1. The first kappa shape index (κ1) is 13.2. The molecular weight excluding hydrogens is 243 g/mol. The highest BCUT2D eigenvalue weighted by atomic mass is 19.4. The fraction of sp³-hybridized carbons (Fsp3) is 0.538. The molecule has 0 fully saturated rings. The van der Waals surface area contributed by atoms with Crippen molar-refractivity contribution in [3.8, 4) is 5.75 Å². The molecule has 1 aliphatic rings. The third-order valence-electron chi connectivity index (χ3n) is 3.14. The van der Waals surface area contributed by atoms with E-state index in [0.29, 0.717) is 5.75 Å². The van der Waals surface area contributed by atoms with Crippen LogP contribution >= 0.6 is 0 Å². The van der Waals surface area contributed by atoms with Crippen LogP contribution in [0.1, 0.15) is 36.4 Å². The molecule has 2 rings (SSSR count). The number of rotatable bonds is 4. The first-order valence-electron chi connectivity index (χ1n) is 6.04. The summed E-state index contributed by atoms with van der Waals surface area (Å²) >= 11 is 0. The van der Waals surface area contributed by atoms with Crippen molar-refractivity contribution in [1.29, 1.82) is 0 Å². The van der Waals surface area contributed by atoms with Gasteiger partial charge in [0.05, 0.1) is 6.61 Å². The molecule has 1 unspecified atom stereocenters. The average Bonchev–Trinajstić information content (AvgIpc) is 2.67. The van der Waals surface area contributed by atoms with Gasteiger partial charge >= 0.3 is 6.18 Å². The smallest absolute Gasteiger partial charge is 0.389 e. The van der Waals surface area contributed by atoms with Gasteiger partial charge in [-0.25, -0.2) is 0 Å². The molecule has 0 radical (unpaired) electrons. The molecular formula is C13H16F3NO. The van der Waals surface area contributed by atoms with Crippen LogP contribution in [0, 0.1) is 0 Å². The summed E-state index contributed by atoms with van der Waals surface area (Å²) in [7, 11) is 0. The van der Waals surface area contributed by atoms with Crippen molar-refractivity contribution in [2.45, 2.75) is 37.9 Å². The highest BCUT2D eigenvalue weighted by Gasteiger charge is 2.26. The molecule has 100 valence electrons. The maximum atomic E-state index is 12.0. The second-order valence-electron chi connectivity index (χ2n) is 4.54. The fourth-order valence-electron chi connectivity index (χ4n) is 2.24. The van der Waals surface area contributed by atoms with Gasteiger partial charge in [0.2, 0.25) is 0 Å². The summed E-state index contributed by atoms with van der Waals surface area (Å²) < 4.78 is 41.4. The Balaban J connectivity index is 1.91. The summed E-state index contributed by atoms with van der Waals surface area (Å²) in [6, 6.07) is 5.61. The summed E-state index contributed by atoms with van der Waals surface area (Å²) in [4.78, 5) is 0. The summed E-state index contributed by atoms with van der Waals surface area (Å²) in [6.07, 6.45) is -3.21. The second-order valence-corrected chi connectivity index (χ2v) is 4.54. The minimum Gasteiger partial charge on any atom is -0.493 e. The van der Waals surface area contributed by atoms with E-state index in [1.165, 1.54) is 0 Å². The number of ether oxygens (including phenoxy) is 1. The van der Waals surface area contributed by atoms with Crippen LogP contribution in [-0.2, 0) is 6.42 Å². The van der Waals surface area contributed by atoms with Gasteiger partial charge in [0, 0.05) is 12.5 Å². The van der Waals surface area contributed by atoms with Gasteiger partial charge in [-0.2, -0.15) is 13.2 Å². The highest BCUT2D eigenvalue weighted by Crippen LogP contribution is 2.35. The number of hydrogen-bond acceptors (Lipinski definition) is 2. The van der Waals surface area contributed by atoms with Crippen molar-refractivity contribution in [3.05, 3.63) is 29.3 Å². The Morgan fingerprint density at radius 3 is 2.83 bits per heavy atom. The number of nitrogens with two attached hydrogens (primary N) is 1. The lowest BCUT2D eigenvalue weighted by molar-refractivity contribution is -0.136. The summed E-state index contributed by atoms with van der Waals surface area (Å²) in [5.74, 6) is 0.683. The maximum Gasteiger partial charge on any atom is 0.389 e. The number of halogens is 3. The van der Waals surface area contributed by atoms with Crippen LogP contribution in [0.15, 0.2) is 18.2 Å². The number of fused-ring (bicyclic) bond motifs is 1. The molecule has 1 aromatic rings. The molecule has 2 N–H and O–H groups in total.